The average molecular weight is 304 g/mol. The largest absolute Gasteiger partial charge is 0.485 e. The van der Waals surface area contributed by atoms with Gasteiger partial charge in [0.1, 0.15) is 17.4 Å². The lowest BCUT2D eigenvalue weighted by Gasteiger charge is -2.06. The Kier molecular flexibility index (Phi) is 4.63. The van der Waals surface area contributed by atoms with Crippen molar-refractivity contribution in [2.75, 3.05) is 11.9 Å². The van der Waals surface area contributed by atoms with E-state index in [1.165, 1.54) is 11.3 Å². The molecule has 96 valence electrons. The van der Waals surface area contributed by atoms with Gasteiger partial charge in [-0.2, -0.15) is 0 Å². The predicted molar refractivity (Wildman–Crippen MR) is 74.9 cm³/mol. The van der Waals surface area contributed by atoms with E-state index in [0.29, 0.717) is 22.4 Å². The van der Waals surface area contributed by atoms with Crippen LogP contribution in [-0.4, -0.2) is 16.7 Å². The van der Waals surface area contributed by atoms with Gasteiger partial charge >= 0.3 is 0 Å². The summed E-state index contributed by atoms with van der Waals surface area (Å²) in [4.78, 5) is 0. The molecule has 18 heavy (non-hydrogen) atoms. The smallest absolute Gasteiger partial charge is 0.205 e. The van der Waals surface area contributed by atoms with E-state index in [-0.39, 0.29) is 0 Å². The summed E-state index contributed by atoms with van der Waals surface area (Å²) in [7, 11) is 0. The summed E-state index contributed by atoms with van der Waals surface area (Å²) in [5.74, 6) is 0.546. The second kappa shape index (κ2) is 6.22. The minimum Gasteiger partial charge on any atom is -0.485 e. The maximum Gasteiger partial charge on any atom is 0.205 e. The second-order valence-electron chi connectivity index (χ2n) is 3.37. The number of anilines is 1. The van der Waals surface area contributed by atoms with Gasteiger partial charge in [-0.1, -0.05) is 40.6 Å². The van der Waals surface area contributed by atoms with Gasteiger partial charge in [-0.15, -0.1) is 10.2 Å². The molecule has 0 spiro atoms. The van der Waals surface area contributed by atoms with E-state index in [2.05, 4.69) is 15.5 Å². The molecule has 0 unspecified atom stereocenters. The molecule has 0 atom stereocenters. The van der Waals surface area contributed by atoms with Crippen LogP contribution < -0.4 is 10.1 Å². The molecule has 0 aliphatic rings. The lowest BCUT2D eigenvalue weighted by atomic mass is 10.3. The van der Waals surface area contributed by atoms with Gasteiger partial charge in [-0.25, -0.2) is 0 Å². The Hall–Kier alpha value is -1.04. The summed E-state index contributed by atoms with van der Waals surface area (Å²) in [6.45, 7) is 3.14. The van der Waals surface area contributed by atoms with E-state index in [1.807, 2.05) is 6.92 Å². The Balaban J connectivity index is 2.00. The molecule has 0 fully saturated rings. The summed E-state index contributed by atoms with van der Waals surface area (Å²) in [6.07, 6.45) is 0. The number of aromatic nitrogens is 2. The zero-order valence-corrected chi connectivity index (χ0v) is 11.9. The van der Waals surface area contributed by atoms with Crippen LogP contribution in [-0.2, 0) is 6.61 Å². The molecule has 7 heteroatoms. The molecular formula is C11H11Cl2N3OS. The number of benzene rings is 1. The van der Waals surface area contributed by atoms with E-state index in [9.17, 15) is 0 Å². The first kappa shape index (κ1) is 13.4. The normalized spacial score (nSPS) is 10.4. The lowest BCUT2D eigenvalue weighted by molar-refractivity contribution is 0.305. The minimum absolute atomic E-state index is 0.323. The van der Waals surface area contributed by atoms with Gasteiger partial charge in [-0.05, 0) is 19.1 Å². The van der Waals surface area contributed by atoms with Crippen molar-refractivity contribution < 1.29 is 4.74 Å². The Morgan fingerprint density at radius 3 is 2.94 bits per heavy atom. The summed E-state index contributed by atoms with van der Waals surface area (Å²) in [6, 6.07) is 5.26. The van der Waals surface area contributed by atoms with Crippen LogP contribution in [0.2, 0.25) is 10.0 Å². The second-order valence-corrected chi connectivity index (χ2v) is 5.22. The van der Waals surface area contributed by atoms with Crippen LogP contribution in [0.5, 0.6) is 5.75 Å². The van der Waals surface area contributed by atoms with Crippen molar-refractivity contribution >= 4 is 39.7 Å². The van der Waals surface area contributed by atoms with Crippen LogP contribution in [0.1, 0.15) is 11.9 Å². The van der Waals surface area contributed by atoms with E-state index in [4.69, 9.17) is 27.9 Å². The molecule has 4 nitrogen and oxygen atoms in total. The van der Waals surface area contributed by atoms with Crippen molar-refractivity contribution in [3.05, 3.63) is 33.3 Å². The molecule has 1 N–H and O–H groups in total. The predicted octanol–water partition coefficient (Wildman–Crippen LogP) is 3.86. The van der Waals surface area contributed by atoms with Crippen molar-refractivity contribution in [3.63, 3.8) is 0 Å². The molecule has 0 saturated carbocycles. The molecule has 1 aromatic heterocycles. The molecule has 0 radical (unpaired) electrons. The van der Waals surface area contributed by atoms with Gasteiger partial charge in [-0.3, -0.25) is 0 Å². The average Bonchev–Trinajstić information content (AvgIpc) is 2.79. The number of hydrogen-bond acceptors (Lipinski definition) is 5. The molecule has 2 rings (SSSR count). The van der Waals surface area contributed by atoms with Crippen molar-refractivity contribution in [3.8, 4) is 5.75 Å². The molecule has 0 aliphatic carbocycles. The number of halogens is 2. The topological polar surface area (TPSA) is 47.0 Å². The van der Waals surface area contributed by atoms with Crippen LogP contribution in [0, 0.1) is 0 Å². The number of rotatable bonds is 5. The number of ether oxygens (including phenoxy) is 1. The first-order valence-corrected chi connectivity index (χ1v) is 6.91. The van der Waals surface area contributed by atoms with Crippen molar-refractivity contribution in [1.82, 2.24) is 10.2 Å². The molecule has 0 aliphatic heterocycles. The summed E-state index contributed by atoms with van der Waals surface area (Å²) in [5.41, 5.74) is 0. The van der Waals surface area contributed by atoms with Gasteiger partial charge in [0.05, 0.1) is 5.02 Å². The zero-order valence-electron chi connectivity index (χ0n) is 9.61. The molecule has 0 amide bonds. The number of nitrogens with zero attached hydrogens (tertiary/aromatic N) is 2. The van der Waals surface area contributed by atoms with Crippen molar-refractivity contribution in [2.24, 2.45) is 0 Å². The molecule has 1 aromatic carbocycles. The number of nitrogens with one attached hydrogen (secondary N) is 1. The highest BCUT2D eigenvalue weighted by molar-refractivity contribution is 7.15. The van der Waals surface area contributed by atoms with Gasteiger partial charge < -0.3 is 10.1 Å². The first-order valence-electron chi connectivity index (χ1n) is 5.33. The summed E-state index contributed by atoms with van der Waals surface area (Å²) < 4.78 is 5.56. The van der Waals surface area contributed by atoms with Crippen molar-refractivity contribution in [1.29, 1.82) is 0 Å². The third kappa shape index (κ3) is 3.25. The van der Waals surface area contributed by atoms with Crippen LogP contribution in [0.3, 0.4) is 0 Å². The third-order valence-corrected chi connectivity index (χ3v) is 3.72. The maximum absolute atomic E-state index is 6.01. The fourth-order valence-electron chi connectivity index (χ4n) is 1.27. The van der Waals surface area contributed by atoms with Crippen molar-refractivity contribution in [2.45, 2.75) is 13.5 Å². The van der Waals surface area contributed by atoms with Gasteiger partial charge in [0, 0.05) is 6.54 Å². The van der Waals surface area contributed by atoms with Crippen LogP contribution >= 0.6 is 34.5 Å². The number of hydrogen-bond donors (Lipinski definition) is 1. The highest BCUT2D eigenvalue weighted by Crippen LogP contribution is 2.32. The van der Waals surface area contributed by atoms with Gasteiger partial charge in [0.2, 0.25) is 5.13 Å². The summed E-state index contributed by atoms with van der Waals surface area (Å²) >= 11 is 13.4. The molecular weight excluding hydrogens is 293 g/mol. The zero-order chi connectivity index (χ0) is 13.0. The highest BCUT2D eigenvalue weighted by atomic mass is 35.5. The Bertz CT molecular complexity index is 533. The van der Waals surface area contributed by atoms with E-state index < -0.39 is 0 Å². The van der Waals surface area contributed by atoms with Crippen LogP contribution in [0.4, 0.5) is 5.13 Å². The Labute approximate surface area is 119 Å². The Morgan fingerprint density at radius 1 is 1.33 bits per heavy atom. The van der Waals surface area contributed by atoms with Crippen LogP contribution in [0.15, 0.2) is 18.2 Å². The minimum atomic E-state index is 0.323. The lowest BCUT2D eigenvalue weighted by Crippen LogP contribution is -1.95. The van der Waals surface area contributed by atoms with E-state index in [1.54, 1.807) is 18.2 Å². The molecule has 0 bridgehead atoms. The molecule has 0 saturated heterocycles. The summed E-state index contributed by atoms with van der Waals surface area (Å²) in [5, 5.41) is 13.5. The maximum atomic E-state index is 6.01. The molecule has 1 heterocycles. The monoisotopic (exact) mass is 303 g/mol. The standard InChI is InChI=1S/C11H11Cl2N3OS/c1-2-14-11-16-15-9(18-11)6-17-8-5-3-4-7(12)10(8)13/h3-5H,2,6H2,1H3,(H,14,16). The third-order valence-electron chi connectivity index (χ3n) is 2.06. The van der Waals surface area contributed by atoms with Gasteiger partial charge in [0.15, 0.2) is 5.01 Å². The fraction of sp³-hybridized carbons (Fsp3) is 0.273. The van der Waals surface area contributed by atoms with E-state index in [0.717, 1.165) is 16.7 Å². The highest BCUT2D eigenvalue weighted by Gasteiger charge is 2.08. The van der Waals surface area contributed by atoms with Gasteiger partial charge in [0.25, 0.3) is 0 Å². The quantitative estimate of drug-likeness (QED) is 0.911. The SMILES string of the molecule is CCNc1nnc(COc2cccc(Cl)c2Cl)s1. The first-order chi connectivity index (χ1) is 8.70. The van der Waals surface area contributed by atoms with Crippen LogP contribution in [0.25, 0.3) is 0 Å². The fourth-order valence-corrected chi connectivity index (χ4v) is 2.34. The molecule has 2 aromatic rings. The Morgan fingerprint density at radius 2 is 2.17 bits per heavy atom. The van der Waals surface area contributed by atoms with E-state index >= 15 is 0 Å².